The van der Waals surface area contributed by atoms with Crippen molar-refractivity contribution >= 4 is 17.0 Å². The maximum atomic E-state index is 13.5. The predicted molar refractivity (Wildman–Crippen MR) is 116 cm³/mol. The summed E-state index contributed by atoms with van der Waals surface area (Å²) >= 11 is 0. The molecular weight excluding hydrogens is 380 g/mol. The first-order chi connectivity index (χ1) is 14.5. The number of nitrogens with one attached hydrogen (secondary N) is 1. The molecule has 0 unspecified atom stereocenters. The Morgan fingerprint density at radius 2 is 1.83 bits per heavy atom. The van der Waals surface area contributed by atoms with Gasteiger partial charge in [-0.3, -0.25) is 9.36 Å². The molecule has 1 saturated carbocycles. The maximum Gasteiger partial charge on any atom is 0.420 e. The maximum absolute atomic E-state index is 13.5. The van der Waals surface area contributed by atoms with Crippen LogP contribution >= 0.6 is 0 Å². The van der Waals surface area contributed by atoms with Crippen molar-refractivity contribution in [1.29, 1.82) is 0 Å². The van der Waals surface area contributed by atoms with Gasteiger partial charge in [-0.1, -0.05) is 43.5 Å². The summed E-state index contributed by atoms with van der Waals surface area (Å²) in [6.45, 7) is 2.29. The van der Waals surface area contributed by atoms with Gasteiger partial charge in [-0.15, -0.1) is 0 Å². The topological polar surface area (TPSA) is 73.5 Å². The number of methoxy groups -OCH3 is 1. The van der Waals surface area contributed by atoms with Gasteiger partial charge in [0.15, 0.2) is 5.58 Å². The van der Waals surface area contributed by atoms with Crippen LogP contribution in [0.25, 0.3) is 11.1 Å². The minimum Gasteiger partial charge on any atom is -0.497 e. The lowest BCUT2D eigenvalue weighted by molar-refractivity contribution is -0.128. The van der Waals surface area contributed by atoms with Gasteiger partial charge in [0.2, 0.25) is 5.91 Å². The SMILES string of the molecule is COc1ccc(C2(C(=O)N[C@H](C)Cn3c(=O)oc4ccccc43)CCCCC2)cc1. The summed E-state index contributed by atoms with van der Waals surface area (Å²) in [5.74, 6) is 0.408. The first-order valence-corrected chi connectivity index (χ1v) is 10.6. The summed E-state index contributed by atoms with van der Waals surface area (Å²) in [7, 11) is 1.64. The molecule has 1 N–H and O–H groups in total. The number of aromatic nitrogens is 1. The fourth-order valence-corrected chi connectivity index (χ4v) is 4.58. The van der Waals surface area contributed by atoms with Crippen molar-refractivity contribution in [2.45, 2.75) is 57.0 Å². The molecule has 2 aromatic carbocycles. The van der Waals surface area contributed by atoms with Crippen LogP contribution in [0.15, 0.2) is 57.7 Å². The Bertz CT molecular complexity index is 1070. The smallest absolute Gasteiger partial charge is 0.420 e. The van der Waals surface area contributed by atoms with Gasteiger partial charge in [0, 0.05) is 12.6 Å². The van der Waals surface area contributed by atoms with Gasteiger partial charge in [0.05, 0.1) is 18.0 Å². The normalized spacial score (nSPS) is 16.9. The number of hydrogen-bond acceptors (Lipinski definition) is 4. The molecule has 0 saturated heterocycles. The van der Waals surface area contributed by atoms with Gasteiger partial charge in [-0.2, -0.15) is 0 Å². The van der Waals surface area contributed by atoms with E-state index < -0.39 is 11.2 Å². The average Bonchev–Trinajstić information content (AvgIpc) is 3.09. The quantitative estimate of drug-likeness (QED) is 0.669. The molecule has 1 fully saturated rings. The van der Waals surface area contributed by atoms with Crippen molar-refractivity contribution in [3.05, 3.63) is 64.6 Å². The third-order valence-corrected chi connectivity index (χ3v) is 6.19. The highest BCUT2D eigenvalue weighted by Crippen LogP contribution is 2.40. The number of oxazole rings is 1. The van der Waals surface area contributed by atoms with Crippen LogP contribution in [0.3, 0.4) is 0 Å². The molecule has 0 radical (unpaired) electrons. The van der Waals surface area contributed by atoms with Crippen molar-refractivity contribution in [1.82, 2.24) is 9.88 Å². The zero-order valence-corrected chi connectivity index (χ0v) is 17.5. The van der Waals surface area contributed by atoms with Crippen LogP contribution in [0.5, 0.6) is 5.75 Å². The first-order valence-electron chi connectivity index (χ1n) is 10.6. The molecule has 3 aromatic rings. The van der Waals surface area contributed by atoms with Crippen molar-refractivity contribution in [3.8, 4) is 5.75 Å². The van der Waals surface area contributed by atoms with E-state index in [1.807, 2.05) is 49.4 Å². The Morgan fingerprint density at radius 1 is 1.13 bits per heavy atom. The summed E-state index contributed by atoms with van der Waals surface area (Å²) < 4.78 is 12.2. The molecule has 6 nitrogen and oxygen atoms in total. The molecule has 1 atom stereocenters. The predicted octanol–water partition coefficient (Wildman–Crippen LogP) is 4.01. The minimum atomic E-state index is -0.539. The summed E-state index contributed by atoms with van der Waals surface area (Å²) in [5, 5.41) is 3.18. The van der Waals surface area contributed by atoms with Gasteiger partial charge in [-0.25, -0.2) is 4.79 Å². The Balaban J connectivity index is 1.56. The summed E-state index contributed by atoms with van der Waals surface area (Å²) in [4.78, 5) is 25.8. The van der Waals surface area contributed by atoms with E-state index in [0.29, 0.717) is 12.1 Å². The second-order valence-corrected chi connectivity index (χ2v) is 8.19. The molecule has 6 heteroatoms. The number of carbonyl (C=O) groups is 1. The molecule has 0 bridgehead atoms. The number of nitrogens with zero attached hydrogens (tertiary/aromatic N) is 1. The van der Waals surface area contributed by atoms with E-state index in [1.165, 1.54) is 0 Å². The molecule has 1 aromatic heterocycles. The fourth-order valence-electron chi connectivity index (χ4n) is 4.58. The van der Waals surface area contributed by atoms with Gasteiger partial charge in [0.25, 0.3) is 0 Å². The van der Waals surface area contributed by atoms with E-state index in [9.17, 15) is 9.59 Å². The average molecular weight is 408 g/mol. The first kappa shape index (κ1) is 20.3. The highest BCUT2D eigenvalue weighted by molar-refractivity contribution is 5.88. The Morgan fingerprint density at radius 3 is 2.53 bits per heavy atom. The summed E-state index contributed by atoms with van der Waals surface area (Å²) in [5.41, 5.74) is 1.79. The largest absolute Gasteiger partial charge is 0.497 e. The van der Waals surface area contributed by atoms with Crippen LogP contribution in [0.1, 0.15) is 44.6 Å². The monoisotopic (exact) mass is 408 g/mol. The highest BCUT2D eigenvalue weighted by Gasteiger charge is 2.41. The fraction of sp³-hybridized carbons (Fsp3) is 0.417. The van der Waals surface area contributed by atoms with Crippen LogP contribution in [0.4, 0.5) is 0 Å². The van der Waals surface area contributed by atoms with Crippen molar-refractivity contribution in [2.75, 3.05) is 7.11 Å². The lowest BCUT2D eigenvalue weighted by Crippen LogP contribution is -2.49. The van der Waals surface area contributed by atoms with Crippen molar-refractivity contribution in [3.63, 3.8) is 0 Å². The molecule has 1 aliphatic carbocycles. The number of carbonyl (C=O) groups excluding carboxylic acids is 1. The van der Waals surface area contributed by atoms with Crippen LogP contribution < -0.4 is 15.8 Å². The molecule has 30 heavy (non-hydrogen) atoms. The third kappa shape index (κ3) is 3.74. The van der Waals surface area contributed by atoms with Gasteiger partial charge < -0.3 is 14.5 Å². The minimum absolute atomic E-state index is 0.0284. The number of rotatable bonds is 6. The highest BCUT2D eigenvalue weighted by atomic mass is 16.5. The number of amides is 1. The number of hydrogen-bond donors (Lipinski definition) is 1. The van der Waals surface area contributed by atoms with E-state index in [0.717, 1.165) is 48.9 Å². The van der Waals surface area contributed by atoms with E-state index in [4.69, 9.17) is 9.15 Å². The van der Waals surface area contributed by atoms with E-state index in [1.54, 1.807) is 17.7 Å². The number of benzene rings is 2. The molecule has 158 valence electrons. The van der Waals surface area contributed by atoms with Gasteiger partial charge in [0.1, 0.15) is 5.75 Å². The second-order valence-electron chi connectivity index (χ2n) is 8.19. The lowest BCUT2D eigenvalue weighted by Gasteiger charge is -2.37. The molecule has 1 amide bonds. The lowest BCUT2D eigenvalue weighted by atomic mass is 9.68. The molecule has 1 aliphatic rings. The summed E-state index contributed by atoms with van der Waals surface area (Å²) in [6.07, 6.45) is 4.86. The van der Waals surface area contributed by atoms with Crippen LogP contribution in [0, 0.1) is 0 Å². The Labute approximate surface area is 175 Å². The van der Waals surface area contributed by atoms with Crippen LogP contribution in [-0.2, 0) is 16.8 Å². The van der Waals surface area contributed by atoms with E-state index >= 15 is 0 Å². The molecular formula is C24H28N2O4. The number of fused-ring (bicyclic) bond motifs is 1. The van der Waals surface area contributed by atoms with Crippen LogP contribution in [-0.4, -0.2) is 23.6 Å². The Hall–Kier alpha value is -3.02. The van der Waals surface area contributed by atoms with E-state index in [2.05, 4.69) is 5.32 Å². The Kier molecular flexibility index (Phi) is 5.66. The summed E-state index contributed by atoms with van der Waals surface area (Å²) in [6, 6.07) is 15.0. The number of ether oxygens (including phenoxy) is 1. The van der Waals surface area contributed by atoms with Gasteiger partial charge in [-0.05, 0) is 49.6 Å². The molecule has 4 rings (SSSR count). The second kappa shape index (κ2) is 8.38. The van der Waals surface area contributed by atoms with E-state index in [-0.39, 0.29) is 11.9 Å². The van der Waals surface area contributed by atoms with Crippen LogP contribution in [0.2, 0.25) is 0 Å². The standard InChI is InChI=1S/C24H28N2O4/c1-17(16-26-20-8-4-5-9-21(20)30-23(26)28)25-22(27)24(14-6-3-7-15-24)18-10-12-19(29-2)13-11-18/h4-5,8-13,17H,3,6-7,14-16H2,1-2H3,(H,25,27)/t17-/m1/s1. The van der Waals surface area contributed by atoms with Crippen molar-refractivity contribution < 1.29 is 13.9 Å². The zero-order chi connectivity index (χ0) is 21.1. The van der Waals surface area contributed by atoms with Gasteiger partial charge >= 0.3 is 5.76 Å². The number of para-hydroxylation sites is 2. The zero-order valence-electron chi connectivity index (χ0n) is 17.5. The molecule has 0 aliphatic heterocycles. The third-order valence-electron chi connectivity index (χ3n) is 6.19. The molecule has 0 spiro atoms. The molecule has 1 heterocycles. The van der Waals surface area contributed by atoms with Crippen molar-refractivity contribution in [2.24, 2.45) is 0 Å².